The van der Waals surface area contributed by atoms with Crippen molar-refractivity contribution < 1.29 is 42.9 Å². The van der Waals surface area contributed by atoms with Gasteiger partial charge in [0.15, 0.2) is 6.10 Å². The minimum atomic E-state index is -1.51. The molecule has 0 aromatic heterocycles. The molecule has 0 bridgehead atoms. The molecule has 0 heterocycles. The van der Waals surface area contributed by atoms with E-state index in [2.05, 4.69) is 26.0 Å². The molecule has 9 nitrogen and oxygen atoms in total. The first kappa shape index (κ1) is 81.0. The van der Waals surface area contributed by atoms with E-state index in [0.717, 1.165) is 38.5 Å². The summed E-state index contributed by atoms with van der Waals surface area (Å²) >= 11 is 0. The normalized spacial score (nSPS) is 12.6. The maximum Gasteiger partial charge on any atom is 0.361 e. The van der Waals surface area contributed by atoms with Gasteiger partial charge in [-0.2, -0.15) is 0 Å². The van der Waals surface area contributed by atoms with Crippen molar-refractivity contribution in [2.75, 3.05) is 47.5 Å². The quantitative estimate of drug-likeness (QED) is 0.0211. The lowest BCUT2D eigenvalue weighted by Crippen LogP contribution is -2.40. The number of aliphatic carboxylic acids is 1. The molecule has 0 aromatic carbocycles. The fourth-order valence-electron chi connectivity index (χ4n) is 11.4. The molecule has 492 valence electrons. The van der Waals surface area contributed by atoms with Gasteiger partial charge in [-0.15, -0.1) is 0 Å². The molecule has 0 saturated carbocycles. The number of ether oxygens (including phenoxy) is 4. The van der Waals surface area contributed by atoms with E-state index in [1.165, 1.54) is 321 Å². The molecule has 0 aliphatic carbocycles. The SMILES string of the molecule is CCCCCCCCCC/C=C\CCCCCCCCCCCCCCCCCCCCCCCC(=O)OC(COC(=O)CCCCCCCCCCCCCCCCCCCCCCCCCCC)COC(OCC[N+](C)(C)C)C(=O)O. The van der Waals surface area contributed by atoms with E-state index in [9.17, 15) is 19.5 Å². The van der Waals surface area contributed by atoms with E-state index >= 15 is 0 Å². The van der Waals surface area contributed by atoms with E-state index in [1.807, 2.05) is 21.1 Å². The molecule has 0 aliphatic rings. The topological polar surface area (TPSA) is 108 Å². The van der Waals surface area contributed by atoms with Gasteiger partial charge in [0.25, 0.3) is 6.29 Å². The van der Waals surface area contributed by atoms with Gasteiger partial charge in [0, 0.05) is 12.8 Å². The third-order valence-corrected chi connectivity index (χ3v) is 17.0. The van der Waals surface area contributed by atoms with Crippen LogP contribution in [-0.2, 0) is 33.3 Å². The van der Waals surface area contributed by atoms with Gasteiger partial charge in [0.05, 0.1) is 34.4 Å². The predicted molar refractivity (Wildman–Crippen MR) is 355 cm³/mol. The minimum absolute atomic E-state index is 0.173. The number of quaternary nitrogens is 1. The van der Waals surface area contributed by atoms with Crippen molar-refractivity contribution in [3.8, 4) is 0 Å². The molecule has 0 fully saturated rings. The maximum atomic E-state index is 13.0. The lowest BCUT2D eigenvalue weighted by molar-refractivity contribution is -0.870. The summed E-state index contributed by atoms with van der Waals surface area (Å²) in [5.74, 6) is -1.97. The number of carboxylic acid groups (broad SMARTS) is 1. The van der Waals surface area contributed by atoms with Gasteiger partial charge in [-0.25, -0.2) is 4.79 Å². The van der Waals surface area contributed by atoms with Crippen LogP contribution in [0.5, 0.6) is 0 Å². The van der Waals surface area contributed by atoms with E-state index in [0.29, 0.717) is 17.4 Å². The number of carbonyl (C=O) groups is 3. The molecule has 0 aliphatic heterocycles. The first-order valence-electron chi connectivity index (χ1n) is 36.9. The third kappa shape index (κ3) is 67.4. The molecule has 83 heavy (non-hydrogen) atoms. The van der Waals surface area contributed by atoms with Crippen molar-refractivity contribution in [3.05, 3.63) is 12.2 Å². The Hall–Kier alpha value is -1.97. The average Bonchev–Trinajstić information content (AvgIpc) is 3.46. The summed E-state index contributed by atoms with van der Waals surface area (Å²) in [4.78, 5) is 37.6. The Labute approximate surface area is 516 Å². The number of nitrogens with zero attached hydrogens (tertiary/aromatic N) is 1. The van der Waals surface area contributed by atoms with Crippen molar-refractivity contribution >= 4 is 17.9 Å². The second-order valence-electron chi connectivity index (χ2n) is 26.6. The zero-order valence-electron chi connectivity index (χ0n) is 56.4. The lowest BCUT2D eigenvalue weighted by atomic mass is 10.0. The second-order valence-corrected chi connectivity index (χ2v) is 26.6. The average molecular weight is 1180 g/mol. The Balaban J connectivity index is 4.01. The fourth-order valence-corrected chi connectivity index (χ4v) is 11.4. The smallest absolute Gasteiger partial charge is 0.361 e. The molecular weight excluding hydrogens is 1030 g/mol. The number of carbonyl (C=O) groups excluding carboxylic acids is 2. The molecule has 1 N–H and O–H groups in total. The summed E-state index contributed by atoms with van der Waals surface area (Å²) in [5, 5.41) is 9.75. The van der Waals surface area contributed by atoms with Gasteiger partial charge in [-0.3, -0.25) is 9.59 Å². The molecule has 0 rings (SSSR count). The second kappa shape index (κ2) is 66.0. The van der Waals surface area contributed by atoms with E-state index < -0.39 is 18.4 Å². The van der Waals surface area contributed by atoms with Gasteiger partial charge < -0.3 is 28.5 Å². The molecule has 2 unspecified atom stereocenters. The number of hydrogen-bond acceptors (Lipinski definition) is 7. The van der Waals surface area contributed by atoms with Gasteiger partial charge in [-0.1, -0.05) is 347 Å². The summed E-state index contributed by atoms with van der Waals surface area (Å²) in [5.41, 5.74) is 0. The van der Waals surface area contributed by atoms with Crippen LogP contribution in [0.4, 0.5) is 0 Å². The molecule has 0 amide bonds. The molecule has 2 atom stereocenters. The van der Waals surface area contributed by atoms with Crippen molar-refractivity contribution in [1.29, 1.82) is 0 Å². The van der Waals surface area contributed by atoms with E-state index in [1.54, 1.807) is 0 Å². The van der Waals surface area contributed by atoms with Crippen LogP contribution in [0, 0.1) is 0 Å². The van der Waals surface area contributed by atoms with E-state index in [-0.39, 0.29) is 38.2 Å². The van der Waals surface area contributed by atoms with Crippen LogP contribution in [0.2, 0.25) is 0 Å². The van der Waals surface area contributed by atoms with Crippen LogP contribution in [0.15, 0.2) is 12.2 Å². The zero-order valence-corrected chi connectivity index (χ0v) is 56.4. The van der Waals surface area contributed by atoms with Crippen molar-refractivity contribution in [2.45, 2.75) is 399 Å². The molecular formula is C74H144NO8+. The van der Waals surface area contributed by atoms with Gasteiger partial charge >= 0.3 is 17.9 Å². The number of esters is 2. The predicted octanol–water partition coefficient (Wildman–Crippen LogP) is 22.8. The van der Waals surface area contributed by atoms with Crippen LogP contribution in [0.25, 0.3) is 0 Å². The summed E-state index contributed by atoms with van der Waals surface area (Å²) in [6.07, 6.45) is 77.7. The highest BCUT2D eigenvalue weighted by atomic mass is 16.7. The number of rotatable bonds is 70. The molecule has 0 radical (unpaired) electrons. The summed E-state index contributed by atoms with van der Waals surface area (Å²) in [6.45, 7) is 4.97. The number of hydrogen-bond donors (Lipinski definition) is 1. The standard InChI is InChI=1S/C74H143NO8/c1-6-8-10-12-14-16-18-20-22-24-26-28-30-32-33-34-35-36-37-38-39-41-43-45-47-49-51-53-55-57-59-61-63-65-72(77)83-70(69-82-74(73(78)79)80-67-66-75(3,4)5)68-81-71(76)64-62-60-58-56-54-52-50-48-46-44-42-40-31-29-27-25-23-21-19-17-15-13-11-9-7-2/h24,26,70,74H,6-23,25,27-69H2,1-5H3/p+1/b26-24-. The molecule has 0 spiro atoms. The summed E-state index contributed by atoms with van der Waals surface area (Å²) in [7, 11) is 6.00. The number of carboxylic acids is 1. The summed E-state index contributed by atoms with van der Waals surface area (Å²) < 4.78 is 23.0. The maximum absolute atomic E-state index is 13.0. The van der Waals surface area contributed by atoms with Gasteiger partial charge in [0.1, 0.15) is 13.2 Å². The lowest BCUT2D eigenvalue weighted by Gasteiger charge is -2.25. The highest BCUT2D eigenvalue weighted by molar-refractivity contribution is 5.71. The summed E-state index contributed by atoms with van der Waals surface area (Å²) in [6, 6.07) is 0. The third-order valence-electron chi connectivity index (χ3n) is 17.0. The number of unbranched alkanes of at least 4 members (excludes halogenated alkanes) is 53. The first-order chi connectivity index (χ1) is 40.6. The van der Waals surface area contributed by atoms with Crippen LogP contribution >= 0.6 is 0 Å². The Kier molecular flexibility index (Phi) is 64.4. The zero-order chi connectivity index (χ0) is 60.5. The monoisotopic (exact) mass is 1180 g/mol. The fraction of sp³-hybridized carbons (Fsp3) is 0.932. The van der Waals surface area contributed by atoms with E-state index in [4.69, 9.17) is 18.9 Å². The largest absolute Gasteiger partial charge is 0.477 e. The Morgan fingerprint density at radius 2 is 0.614 bits per heavy atom. The highest BCUT2D eigenvalue weighted by Crippen LogP contribution is 2.20. The minimum Gasteiger partial charge on any atom is -0.477 e. The van der Waals surface area contributed by atoms with Crippen LogP contribution in [-0.4, -0.2) is 87.4 Å². The van der Waals surface area contributed by atoms with Gasteiger partial charge in [0.2, 0.25) is 0 Å². The van der Waals surface area contributed by atoms with Crippen molar-refractivity contribution in [2.24, 2.45) is 0 Å². The molecule has 0 saturated heterocycles. The Morgan fingerprint density at radius 1 is 0.349 bits per heavy atom. The van der Waals surface area contributed by atoms with Crippen LogP contribution in [0.3, 0.4) is 0 Å². The highest BCUT2D eigenvalue weighted by Gasteiger charge is 2.25. The Bertz CT molecular complexity index is 1370. The van der Waals surface area contributed by atoms with Crippen LogP contribution < -0.4 is 0 Å². The van der Waals surface area contributed by atoms with Gasteiger partial charge in [-0.05, 0) is 38.5 Å². The molecule has 9 heteroatoms. The number of allylic oxidation sites excluding steroid dienone is 2. The van der Waals surface area contributed by atoms with Crippen molar-refractivity contribution in [3.63, 3.8) is 0 Å². The number of likely N-dealkylation sites (N-methyl/N-ethyl adjacent to an activating group) is 1. The van der Waals surface area contributed by atoms with Crippen LogP contribution in [0.1, 0.15) is 386 Å². The first-order valence-corrected chi connectivity index (χ1v) is 36.9. The Morgan fingerprint density at radius 3 is 0.892 bits per heavy atom. The van der Waals surface area contributed by atoms with Crippen molar-refractivity contribution in [1.82, 2.24) is 0 Å². The molecule has 0 aromatic rings.